The van der Waals surface area contributed by atoms with Crippen LogP contribution in [0, 0.1) is 0 Å². The zero-order chi connectivity index (χ0) is 15.5. The number of thioether (sulfide) groups is 1. The SMILES string of the molecule is CCCC/C=C1/SC(=S)N(N=c2sc3ccccc3s2)C1=O. The van der Waals surface area contributed by atoms with Crippen molar-refractivity contribution in [3.05, 3.63) is 39.2 Å². The molecule has 114 valence electrons. The van der Waals surface area contributed by atoms with E-state index in [0.717, 1.165) is 23.2 Å². The normalized spacial score (nSPS) is 17.0. The lowest BCUT2D eigenvalue weighted by atomic mass is 10.2. The van der Waals surface area contributed by atoms with Gasteiger partial charge in [0, 0.05) is 9.40 Å². The summed E-state index contributed by atoms with van der Waals surface area (Å²) in [5, 5.41) is 5.81. The van der Waals surface area contributed by atoms with Crippen LogP contribution in [-0.4, -0.2) is 15.2 Å². The molecule has 1 aliphatic heterocycles. The highest BCUT2D eigenvalue weighted by Gasteiger charge is 2.32. The molecule has 1 saturated heterocycles. The largest absolute Gasteiger partial charge is 0.286 e. The number of allylic oxidation sites excluding steroid dienone is 1. The molecule has 1 aliphatic rings. The van der Waals surface area contributed by atoms with E-state index in [2.05, 4.69) is 24.2 Å². The second kappa shape index (κ2) is 7.04. The second-order valence-electron chi connectivity index (χ2n) is 4.71. The number of unbranched alkanes of at least 4 members (excludes halogenated alkanes) is 2. The highest BCUT2D eigenvalue weighted by molar-refractivity contribution is 8.26. The molecular formula is C15H14N2OS4. The van der Waals surface area contributed by atoms with Crippen molar-refractivity contribution in [1.29, 1.82) is 0 Å². The molecule has 3 rings (SSSR count). The number of rotatable bonds is 4. The minimum atomic E-state index is -0.101. The van der Waals surface area contributed by atoms with Crippen molar-refractivity contribution in [2.24, 2.45) is 5.10 Å². The first kappa shape index (κ1) is 15.9. The summed E-state index contributed by atoms with van der Waals surface area (Å²) >= 11 is 9.80. The van der Waals surface area contributed by atoms with Crippen LogP contribution in [0.15, 0.2) is 40.3 Å². The second-order valence-corrected chi connectivity index (χ2v) is 8.71. The zero-order valence-electron chi connectivity index (χ0n) is 11.9. The lowest BCUT2D eigenvalue weighted by molar-refractivity contribution is -0.122. The van der Waals surface area contributed by atoms with Crippen molar-refractivity contribution >= 4 is 66.3 Å². The summed E-state index contributed by atoms with van der Waals surface area (Å²) in [6.45, 7) is 2.14. The van der Waals surface area contributed by atoms with Gasteiger partial charge in [0.25, 0.3) is 5.91 Å². The van der Waals surface area contributed by atoms with Gasteiger partial charge in [-0.3, -0.25) is 4.79 Å². The summed E-state index contributed by atoms with van der Waals surface area (Å²) in [6, 6.07) is 8.13. The van der Waals surface area contributed by atoms with E-state index in [0.29, 0.717) is 9.23 Å². The van der Waals surface area contributed by atoms with Crippen molar-refractivity contribution in [3.63, 3.8) is 0 Å². The maximum atomic E-state index is 12.4. The van der Waals surface area contributed by atoms with Crippen molar-refractivity contribution in [2.75, 3.05) is 0 Å². The number of fused-ring (bicyclic) bond motifs is 1. The molecule has 7 heteroatoms. The topological polar surface area (TPSA) is 32.7 Å². The van der Waals surface area contributed by atoms with Crippen molar-refractivity contribution in [3.8, 4) is 0 Å². The third-order valence-electron chi connectivity index (χ3n) is 3.09. The summed E-state index contributed by atoms with van der Waals surface area (Å²) in [5.41, 5.74) is 0. The lowest BCUT2D eigenvalue weighted by Gasteiger charge is -2.04. The first-order chi connectivity index (χ1) is 10.7. The Hall–Kier alpha value is -1.02. The molecule has 0 spiro atoms. The van der Waals surface area contributed by atoms with Gasteiger partial charge < -0.3 is 0 Å². The molecule has 0 unspecified atom stereocenters. The maximum absolute atomic E-state index is 12.4. The van der Waals surface area contributed by atoms with Crippen LogP contribution < -0.4 is 3.98 Å². The number of nitrogens with zero attached hydrogens (tertiary/aromatic N) is 2. The van der Waals surface area contributed by atoms with Gasteiger partial charge in [-0.15, -0.1) is 27.8 Å². The van der Waals surface area contributed by atoms with Crippen LogP contribution in [-0.2, 0) is 4.79 Å². The van der Waals surface area contributed by atoms with Gasteiger partial charge in [0.15, 0.2) is 8.31 Å². The third kappa shape index (κ3) is 3.32. The summed E-state index contributed by atoms with van der Waals surface area (Å²) in [6.07, 6.45) is 5.09. The van der Waals surface area contributed by atoms with Gasteiger partial charge in [0.1, 0.15) is 0 Å². The quantitative estimate of drug-likeness (QED) is 0.446. The minimum Gasteiger partial charge on any atom is -0.266 e. The van der Waals surface area contributed by atoms with Crippen molar-refractivity contribution in [2.45, 2.75) is 26.2 Å². The van der Waals surface area contributed by atoms with Crippen molar-refractivity contribution < 1.29 is 4.79 Å². The maximum Gasteiger partial charge on any atom is 0.286 e. The first-order valence-electron chi connectivity index (χ1n) is 6.99. The van der Waals surface area contributed by atoms with E-state index >= 15 is 0 Å². The molecule has 2 heterocycles. The summed E-state index contributed by atoms with van der Waals surface area (Å²) in [5.74, 6) is -0.101. The third-order valence-corrected chi connectivity index (χ3v) is 6.71. The van der Waals surface area contributed by atoms with Crippen LogP contribution >= 0.6 is 46.7 Å². The van der Waals surface area contributed by atoms with Crippen LogP contribution in [0.25, 0.3) is 9.40 Å². The first-order valence-corrected chi connectivity index (χ1v) is 9.84. The summed E-state index contributed by atoms with van der Waals surface area (Å²) < 4.78 is 3.70. The van der Waals surface area contributed by atoms with Crippen LogP contribution in [0.1, 0.15) is 26.2 Å². The van der Waals surface area contributed by atoms with E-state index in [1.165, 1.54) is 26.2 Å². The van der Waals surface area contributed by atoms with Crippen LogP contribution in [0.4, 0.5) is 0 Å². The average Bonchev–Trinajstić information content (AvgIpc) is 3.03. The minimum absolute atomic E-state index is 0.101. The molecule has 0 radical (unpaired) electrons. The fourth-order valence-corrected chi connectivity index (χ4v) is 5.34. The molecule has 1 amide bonds. The van der Waals surface area contributed by atoms with Gasteiger partial charge in [-0.05, 0) is 30.8 Å². The van der Waals surface area contributed by atoms with Gasteiger partial charge in [-0.2, -0.15) is 5.01 Å². The Morgan fingerprint density at radius 2 is 1.95 bits per heavy atom. The fraction of sp³-hybridized carbons (Fsp3) is 0.267. The smallest absolute Gasteiger partial charge is 0.266 e. The molecule has 0 atom stereocenters. The number of benzene rings is 1. The Morgan fingerprint density at radius 3 is 2.59 bits per heavy atom. The number of hydrogen-bond acceptors (Lipinski definition) is 6. The number of thiocarbonyl (C=S) groups is 1. The van der Waals surface area contributed by atoms with Gasteiger partial charge in [0.05, 0.1) is 4.91 Å². The Bertz CT molecular complexity index is 782. The van der Waals surface area contributed by atoms with Gasteiger partial charge in [0.2, 0.25) is 0 Å². The molecule has 1 fully saturated rings. The van der Waals surface area contributed by atoms with Gasteiger partial charge >= 0.3 is 0 Å². The Balaban J connectivity index is 1.88. The van der Waals surface area contributed by atoms with Crippen LogP contribution in [0.5, 0.6) is 0 Å². The number of carbonyl (C=O) groups is 1. The molecule has 1 aromatic heterocycles. The molecule has 0 saturated carbocycles. The fourth-order valence-electron chi connectivity index (χ4n) is 1.97. The van der Waals surface area contributed by atoms with E-state index < -0.39 is 0 Å². The molecule has 0 bridgehead atoms. The predicted octanol–water partition coefficient (Wildman–Crippen LogP) is 4.71. The zero-order valence-corrected chi connectivity index (χ0v) is 15.2. The summed E-state index contributed by atoms with van der Waals surface area (Å²) in [4.78, 5) is 13.1. The van der Waals surface area contributed by atoms with E-state index in [-0.39, 0.29) is 5.91 Å². The molecule has 0 aliphatic carbocycles. The molecule has 2 aromatic rings. The highest BCUT2D eigenvalue weighted by Crippen LogP contribution is 2.32. The van der Waals surface area contributed by atoms with E-state index in [4.69, 9.17) is 12.2 Å². The monoisotopic (exact) mass is 366 g/mol. The van der Waals surface area contributed by atoms with Crippen molar-refractivity contribution in [1.82, 2.24) is 5.01 Å². The standard InChI is InChI=1S/C15H14N2OS4/c1-2-3-4-9-12-13(18)17(15(19)22-12)16-14-20-10-7-5-6-8-11(10)21-14/h5-9H,2-4H2,1H3/b12-9+. The molecule has 0 N–H and O–H groups in total. The van der Waals surface area contributed by atoms with E-state index in [9.17, 15) is 4.79 Å². The number of hydrogen-bond donors (Lipinski definition) is 0. The van der Waals surface area contributed by atoms with E-state index in [1.807, 2.05) is 18.2 Å². The predicted molar refractivity (Wildman–Crippen MR) is 99.9 cm³/mol. The van der Waals surface area contributed by atoms with Gasteiger partial charge in [-0.25, -0.2) is 0 Å². The number of carbonyl (C=O) groups excluding carboxylic acids is 1. The van der Waals surface area contributed by atoms with Crippen LogP contribution in [0.2, 0.25) is 0 Å². The molecule has 1 aromatic carbocycles. The average molecular weight is 367 g/mol. The lowest BCUT2D eigenvalue weighted by Crippen LogP contribution is -2.23. The van der Waals surface area contributed by atoms with Gasteiger partial charge in [-0.1, -0.05) is 49.7 Å². The Kier molecular flexibility index (Phi) is 5.07. The summed E-state index contributed by atoms with van der Waals surface area (Å²) in [7, 11) is 0. The molecule has 3 nitrogen and oxygen atoms in total. The Labute approximate surface area is 146 Å². The van der Waals surface area contributed by atoms with Crippen LogP contribution in [0.3, 0.4) is 0 Å². The number of amides is 1. The Morgan fingerprint density at radius 1 is 1.27 bits per heavy atom. The van der Waals surface area contributed by atoms with E-state index in [1.54, 1.807) is 22.7 Å². The molecular weight excluding hydrogens is 352 g/mol. The molecule has 22 heavy (non-hydrogen) atoms. The highest BCUT2D eigenvalue weighted by atomic mass is 32.2.